The second-order valence-corrected chi connectivity index (χ2v) is 9.13. The van der Waals surface area contributed by atoms with E-state index < -0.39 is 15.6 Å². The molecule has 0 aliphatic heterocycles. The van der Waals surface area contributed by atoms with Gasteiger partial charge in [0.2, 0.25) is 10.0 Å². The number of hydrogen-bond acceptors (Lipinski definition) is 4. The molecule has 2 aromatic rings. The van der Waals surface area contributed by atoms with Crippen molar-refractivity contribution < 1.29 is 18.3 Å². The van der Waals surface area contributed by atoms with Crippen LogP contribution in [0.5, 0.6) is 0 Å². The van der Waals surface area contributed by atoms with Crippen LogP contribution in [0.1, 0.15) is 29.3 Å². The van der Waals surface area contributed by atoms with E-state index in [4.69, 9.17) is 0 Å². The first-order valence-electron chi connectivity index (χ1n) is 8.69. The molecule has 0 spiro atoms. The molecule has 0 aromatic heterocycles. The summed E-state index contributed by atoms with van der Waals surface area (Å²) in [6.07, 6.45) is 1.22. The molecule has 0 aliphatic carbocycles. The number of benzene rings is 2. The Kier molecular flexibility index (Phi) is 6.75. The first kappa shape index (κ1) is 21.1. The van der Waals surface area contributed by atoms with E-state index in [9.17, 15) is 18.3 Å². The number of rotatable bonds is 8. The van der Waals surface area contributed by atoms with Gasteiger partial charge in [-0.05, 0) is 49.6 Å². The molecule has 0 bridgehead atoms. The highest BCUT2D eigenvalue weighted by molar-refractivity contribution is 7.89. The predicted octanol–water partition coefficient (Wildman–Crippen LogP) is 2.05. The highest BCUT2D eigenvalue weighted by Crippen LogP contribution is 2.15. The van der Waals surface area contributed by atoms with Crippen molar-refractivity contribution in [3.8, 4) is 0 Å². The highest BCUT2D eigenvalue weighted by Gasteiger charge is 2.22. The van der Waals surface area contributed by atoms with Gasteiger partial charge < -0.3 is 10.4 Å². The molecule has 0 radical (unpaired) electrons. The summed E-state index contributed by atoms with van der Waals surface area (Å²) in [5.74, 6) is -0.358. The summed E-state index contributed by atoms with van der Waals surface area (Å²) in [6, 6.07) is 15.6. The van der Waals surface area contributed by atoms with Crippen LogP contribution in [0.25, 0.3) is 0 Å². The van der Waals surface area contributed by atoms with Crippen molar-refractivity contribution in [2.24, 2.45) is 0 Å². The van der Waals surface area contributed by atoms with Gasteiger partial charge in [-0.3, -0.25) is 4.79 Å². The van der Waals surface area contributed by atoms with E-state index >= 15 is 0 Å². The van der Waals surface area contributed by atoms with Crippen molar-refractivity contribution in [3.05, 3.63) is 65.7 Å². The second-order valence-electron chi connectivity index (χ2n) is 6.98. The summed E-state index contributed by atoms with van der Waals surface area (Å²) in [6.45, 7) is 1.79. The van der Waals surface area contributed by atoms with Gasteiger partial charge in [0, 0.05) is 26.2 Å². The molecule has 1 atom stereocenters. The van der Waals surface area contributed by atoms with Crippen LogP contribution in [0.4, 0.5) is 0 Å². The van der Waals surface area contributed by atoms with Crippen molar-refractivity contribution in [1.82, 2.24) is 9.62 Å². The molecule has 2 rings (SSSR count). The second kappa shape index (κ2) is 8.65. The Morgan fingerprint density at radius 2 is 1.67 bits per heavy atom. The molecule has 0 saturated carbocycles. The van der Waals surface area contributed by atoms with Crippen LogP contribution in [0.15, 0.2) is 59.5 Å². The summed E-state index contributed by atoms with van der Waals surface area (Å²) < 4.78 is 25.2. The maximum atomic E-state index is 12.3. The van der Waals surface area contributed by atoms with E-state index in [1.165, 1.54) is 38.4 Å². The normalized spacial score (nSPS) is 14.0. The Labute approximate surface area is 160 Å². The van der Waals surface area contributed by atoms with Crippen molar-refractivity contribution in [2.45, 2.75) is 30.3 Å². The van der Waals surface area contributed by atoms with E-state index in [0.717, 1.165) is 9.87 Å². The summed E-state index contributed by atoms with van der Waals surface area (Å²) in [4.78, 5) is 12.4. The zero-order chi connectivity index (χ0) is 20.1. The molecule has 6 nitrogen and oxygen atoms in total. The lowest BCUT2D eigenvalue weighted by molar-refractivity contribution is 0.0478. The molecule has 0 heterocycles. The van der Waals surface area contributed by atoms with E-state index in [0.29, 0.717) is 18.4 Å². The molecular weight excluding hydrogens is 364 g/mol. The first-order valence-corrected chi connectivity index (χ1v) is 10.1. The Balaban J connectivity index is 1.92. The summed E-state index contributed by atoms with van der Waals surface area (Å²) in [5.41, 5.74) is 0.424. The number of nitrogens with zero attached hydrogens (tertiary/aromatic N) is 1. The summed E-state index contributed by atoms with van der Waals surface area (Å²) in [5, 5.41) is 13.2. The Bertz CT molecular complexity index is 861. The van der Waals surface area contributed by atoms with Crippen LogP contribution < -0.4 is 5.32 Å². The van der Waals surface area contributed by atoms with E-state index in [1.807, 2.05) is 30.3 Å². The number of nitrogens with one attached hydrogen (secondary N) is 1. The lowest BCUT2D eigenvalue weighted by Gasteiger charge is -2.23. The number of hydrogen-bond donors (Lipinski definition) is 2. The van der Waals surface area contributed by atoms with Crippen LogP contribution in [0.3, 0.4) is 0 Å². The Morgan fingerprint density at radius 3 is 2.22 bits per heavy atom. The third-order valence-electron chi connectivity index (χ3n) is 4.32. The highest BCUT2D eigenvalue weighted by atomic mass is 32.2. The van der Waals surface area contributed by atoms with Crippen LogP contribution in [-0.2, 0) is 16.4 Å². The molecule has 7 heteroatoms. The number of sulfonamides is 1. The van der Waals surface area contributed by atoms with Gasteiger partial charge in [-0.25, -0.2) is 12.7 Å². The fourth-order valence-corrected chi connectivity index (χ4v) is 3.41. The maximum Gasteiger partial charge on any atom is 0.251 e. The van der Waals surface area contributed by atoms with Crippen LogP contribution >= 0.6 is 0 Å². The molecular formula is C20H26N2O4S. The number of carbonyl (C=O) groups excluding carboxylic acids is 1. The molecule has 1 amide bonds. The molecule has 2 aromatic carbocycles. The smallest absolute Gasteiger partial charge is 0.251 e. The third kappa shape index (κ3) is 5.89. The maximum absolute atomic E-state index is 12.3. The largest absolute Gasteiger partial charge is 0.388 e. The Hall–Kier alpha value is -2.22. The third-order valence-corrected chi connectivity index (χ3v) is 6.15. The molecule has 146 valence electrons. The van der Waals surface area contributed by atoms with E-state index in [2.05, 4.69) is 5.32 Å². The van der Waals surface area contributed by atoms with Gasteiger partial charge in [0.1, 0.15) is 0 Å². The molecule has 27 heavy (non-hydrogen) atoms. The molecule has 0 aliphatic rings. The van der Waals surface area contributed by atoms with Crippen molar-refractivity contribution in [2.75, 3.05) is 20.6 Å². The molecule has 0 fully saturated rings. The van der Waals surface area contributed by atoms with E-state index in [-0.39, 0.29) is 17.3 Å². The summed E-state index contributed by atoms with van der Waals surface area (Å²) >= 11 is 0. The molecule has 1 unspecified atom stereocenters. The van der Waals surface area contributed by atoms with Gasteiger partial charge in [-0.15, -0.1) is 0 Å². The quantitative estimate of drug-likeness (QED) is 0.722. The van der Waals surface area contributed by atoms with Gasteiger partial charge >= 0.3 is 0 Å². The Morgan fingerprint density at radius 1 is 1.07 bits per heavy atom. The lowest BCUT2D eigenvalue weighted by atomic mass is 9.96. The van der Waals surface area contributed by atoms with Crippen molar-refractivity contribution >= 4 is 15.9 Å². The van der Waals surface area contributed by atoms with Crippen LogP contribution in [0.2, 0.25) is 0 Å². The molecule has 0 saturated heterocycles. The monoisotopic (exact) mass is 390 g/mol. The summed E-state index contributed by atoms with van der Waals surface area (Å²) in [7, 11) is -0.623. The fourth-order valence-electron chi connectivity index (χ4n) is 2.51. The fraction of sp³-hybridized carbons (Fsp3) is 0.350. The minimum Gasteiger partial charge on any atom is -0.388 e. The topological polar surface area (TPSA) is 86.7 Å². The van der Waals surface area contributed by atoms with Crippen molar-refractivity contribution in [1.29, 1.82) is 0 Å². The van der Waals surface area contributed by atoms with Crippen molar-refractivity contribution in [3.63, 3.8) is 0 Å². The average molecular weight is 391 g/mol. The molecule has 2 N–H and O–H groups in total. The van der Waals surface area contributed by atoms with E-state index in [1.54, 1.807) is 6.92 Å². The number of amides is 1. The van der Waals surface area contributed by atoms with Gasteiger partial charge in [0.25, 0.3) is 5.91 Å². The zero-order valence-corrected chi connectivity index (χ0v) is 16.7. The average Bonchev–Trinajstić information content (AvgIpc) is 2.65. The van der Waals surface area contributed by atoms with Crippen LogP contribution in [0, 0.1) is 0 Å². The SMILES string of the molecule is CN(C)S(=O)(=O)c1ccc(C(=O)NCC(C)(O)CCc2ccccc2)cc1. The number of carbonyl (C=O) groups is 1. The minimum absolute atomic E-state index is 0.108. The van der Waals surface area contributed by atoms with Gasteiger partial charge in [0.05, 0.1) is 10.5 Å². The first-order chi connectivity index (χ1) is 12.6. The van der Waals surface area contributed by atoms with Gasteiger partial charge in [-0.2, -0.15) is 0 Å². The standard InChI is InChI=1S/C20H26N2O4S/c1-20(24,14-13-16-7-5-4-6-8-16)15-21-19(23)17-9-11-18(12-10-17)27(25,26)22(2)3/h4-12,24H,13-15H2,1-3H3,(H,21,23). The number of aryl methyl sites for hydroxylation is 1. The predicted molar refractivity (Wildman–Crippen MR) is 105 cm³/mol. The van der Waals surface area contributed by atoms with Gasteiger partial charge in [0.15, 0.2) is 0 Å². The van der Waals surface area contributed by atoms with Crippen LogP contribution in [-0.4, -0.2) is 50.0 Å². The number of aliphatic hydroxyl groups is 1. The minimum atomic E-state index is -3.53. The zero-order valence-electron chi connectivity index (χ0n) is 15.8. The lowest BCUT2D eigenvalue weighted by Crippen LogP contribution is -2.41. The van der Waals surface area contributed by atoms with Gasteiger partial charge in [-0.1, -0.05) is 30.3 Å².